The molecule has 0 bridgehead atoms. The van der Waals surface area contributed by atoms with Crippen LogP contribution in [0.5, 0.6) is 0 Å². The quantitative estimate of drug-likeness (QED) is 0.857. The molecule has 0 radical (unpaired) electrons. The molecule has 1 aromatic rings. The molecule has 3 rings (SSSR count). The summed E-state index contributed by atoms with van der Waals surface area (Å²) in [7, 11) is 0. The van der Waals surface area contributed by atoms with Gasteiger partial charge in [0.25, 0.3) is 0 Å². The van der Waals surface area contributed by atoms with Gasteiger partial charge in [0.1, 0.15) is 5.82 Å². The van der Waals surface area contributed by atoms with Gasteiger partial charge in [-0.05, 0) is 43.4 Å². The molecule has 1 aromatic carbocycles. The molecule has 4 nitrogen and oxygen atoms in total. The first-order valence-electron chi connectivity index (χ1n) is 8.44. The van der Waals surface area contributed by atoms with Gasteiger partial charge in [-0.15, -0.1) is 0 Å². The number of rotatable bonds is 3. The summed E-state index contributed by atoms with van der Waals surface area (Å²) >= 11 is 0. The summed E-state index contributed by atoms with van der Waals surface area (Å²) in [5.74, 6) is 0.113. The van der Waals surface area contributed by atoms with Gasteiger partial charge in [-0.25, -0.2) is 4.39 Å². The zero-order valence-corrected chi connectivity index (χ0v) is 13.3. The highest BCUT2D eigenvalue weighted by Gasteiger charge is 2.31. The van der Waals surface area contributed by atoms with E-state index in [1.165, 1.54) is 12.1 Å². The zero-order valence-electron chi connectivity index (χ0n) is 13.3. The van der Waals surface area contributed by atoms with Gasteiger partial charge in [-0.3, -0.25) is 9.59 Å². The summed E-state index contributed by atoms with van der Waals surface area (Å²) < 4.78 is 12.9. The summed E-state index contributed by atoms with van der Waals surface area (Å²) in [6, 6.07) is 6.06. The van der Waals surface area contributed by atoms with Crippen molar-refractivity contribution in [3.05, 3.63) is 35.6 Å². The minimum atomic E-state index is -0.289. The molecule has 124 valence electrons. The number of amides is 2. The Morgan fingerprint density at radius 2 is 1.57 bits per heavy atom. The second-order valence-electron chi connectivity index (χ2n) is 6.49. The van der Waals surface area contributed by atoms with Crippen molar-refractivity contribution < 1.29 is 14.0 Å². The molecule has 2 heterocycles. The van der Waals surface area contributed by atoms with Crippen molar-refractivity contribution in [2.45, 2.75) is 32.1 Å². The maximum Gasteiger partial charge on any atom is 0.226 e. The third kappa shape index (κ3) is 3.89. The molecule has 0 saturated carbocycles. The number of nitrogens with zero attached hydrogens (tertiary/aromatic N) is 2. The van der Waals surface area contributed by atoms with Crippen LogP contribution in [0.25, 0.3) is 0 Å². The third-order valence-electron chi connectivity index (χ3n) is 4.88. The smallest absolute Gasteiger partial charge is 0.226 e. The number of likely N-dealkylation sites (tertiary alicyclic amines) is 2. The van der Waals surface area contributed by atoms with Crippen LogP contribution in [0.15, 0.2) is 24.3 Å². The number of carbonyl (C=O) groups is 2. The van der Waals surface area contributed by atoms with E-state index in [-0.39, 0.29) is 23.5 Å². The predicted octanol–water partition coefficient (Wildman–Crippen LogP) is 2.23. The average molecular weight is 318 g/mol. The molecule has 0 spiro atoms. The summed E-state index contributed by atoms with van der Waals surface area (Å²) in [5, 5.41) is 0. The van der Waals surface area contributed by atoms with E-state index in [1.54, 1.807) is 12.1 Å². The van der Waals surface area contributed by atoms with Gasteiger partial charge >= 0.3 is 0 Å². The van der Waals surface area contributed by atoms with E-state index < -0.39 is 0 Å². The van der Waals surface area contributed by atoms with Crippen molar-refractivity contribution in [2.24, 2.45) is 5.92 Å². The summed E-state index contributed by atoms with van der Waals surface area (Å²) in [6.07, 6.45) is 4.03. The van der Waals surface area contributed by atoms with Crippen LogP contribution in [-0.4, -0.2) is 47.8 Å². The van der Waals surface area contributed by atoms with Crippen LogP contribution in [0.2, 0.25) is 0 Å². The molecule has 2 amide bonds. The molecule has 0 atom stereocenters. The number of benzene rings is 1. The molecule has 2 saturated heterocycles. The monoisotopic (exact) mass is 318 g/mol. The van der Waals surface area contributed by atoms with Gasteiger partial charge in [0.2, 0.25) is 11.8 Å². The lowest BCUT2D eigenvalue weighted by molar-refractivity contribution is -0.139. The minimum absolute atomic E-state index is 0.0590. The summed E-state index contributed by atoms with van der Waals surface area (Å²) in [6.45, 7) is 3.07. The molecular weight excluding hydrogens is 295 g/mol. The molecular formula is C18H23FN2O2. The number of halogens is 1. The first-order valence-corrected chi connectivity index (χ1v) is 8.44. The largest absolute Gasteiger partial charge is 0.342 e. The van der Waals surface area contributed by atoms with Crippen molar-refractivity contribution in [3.63, 3.8) is 0 Å². The Morgan fingerprint density at radius 3 is 2.17 bits per heavy atom. The fourth-order valence-electron chi connectivity index (χ4n) is 3.46. The molecule has 5 heteroatoms. The maximum absolute atomic E-state index is 12.9. The Balaban J connectivity index is 1.49. The zero-order chi connectivity index (χ0) is 16.2. The Hall–Kier alpha value is -1.91. The lowest BCUT2D eigenvalue weighted by Crippen LogP contribution is -2.44. The second-order valence-corrected chi connectivity index (χ2v) is 6.49. The Labute approximate surface area is 136 Å². The van der Waals surface area contributed by atoms with Gasteiger partial charge in [0.15, 0.2) is 0 Å². The molecule has 0 aromatic heterocycles. The van der Waals surface area contributed by atoms with Gasteiger partial charge in [0, 0.05) is 32.1 Å². The van der Waals surface area contributed by atoms with E-state index in [2.05, 4.69) is 0 Å². The van der Waals surface area contributed by atoms with Crippen LogP contribution < -0.4 is 0 Å². The van der Waals surface area contributed by atoms with Gasteiger partial charge in [-0.1, -0.05) is 12.1 Å². The number of hydrogen-bond acceptors (Lipinski definition) is 2. The van der Waals surface area contributed by atoms with Gasteiger partial charge in [0.05, 0.1) is 6.42 Å². The van der Waals surface area contributed by atoms with Crippen LogP contribution in [0.1, 0.15) is 31.2 Å². The lowest BCUT2D eigenvalue weighted by Gasteiger charge is -2.33. The van der Waals surface area contributed by atoms with Gasteiger partial charge in [-0.2, -0.15) is 0 Å². The van der Waals surface area contributed by atoms with Crippen molar-refractivity contribution in [1.29, 1.82) is 0 Å². The standard InChI is InChI=1S/C18H23FN2O2/c19-16-5-3-14(4-6-16)13-17(22)20-11-7-15(8-12-20)18(23)21-9-1-2-10-21/h3-6,15H,1-2,7-13H2. The Morgan fingerprint density at radius 1 is 0.957 bits per heavy atom. The van der Waals surface area contributed by atoms with Crippen LogP contribution in [-0.2, 0) is 16.0 Å². The van der Waals surface area contributed by atoms with E-state index >= 15 is 0 Å². The van der Waals surface area contributed by atoms with Crippen molar-refractivity contribution in [1.82, 2.24) is 9.80 Å². The maximum atomic E-state index is 12.9. The fraction of sp³-hybridized carbons (Fsp3) is 0.556. The van der Waals surface area contributed by atoms with Crippen molar-refractivity contribution in [3.8, 4) is 0 Å². The topological polar surface area (TPSA) is 40.6 Å². The number of carbonyl (C=O) groups excluding carboxylic acids is 2. The van der Waals surface area contributed by atoms with E-state index in [0.717, 1.165) is 44.3 Å². The summed E-state index contributed by atoms with van der Waals surface area (Å²) in [5.41, 5.74) is 0.826. The first-order chi connectivity index (χ1) is 11.1. The number of hydrogen-bond donors (Lipinski definition) is 0. The van der Waals surface area contributed by atoms with Crippen LogP contribution in [0.4, 0.5) is 4.39 Å². The van der Waals surface area contributed by atoms with Gasteiger partial charge < -0.3 is 9.80 Å². The van der Waals surface area contributed by atoms with Crippen LogP contribution >= 0.6 is 0 Å². The Kier molecular flexibility index (Phi) is 4.94. The third-order valence-corrected chi connectivity index (χ3v) is 4.88. The normalized spacial score (nSPS) is 19.2. The molecule has 23 heavy (non-hydrogen) atoms. The molecule has 0 aliphatic carbocycles. The molecule has 2 fully saturated rings. The SMILES string of the molecule is O=C(Cc1ccc(F)cc1)N1CCC(C(=O)N2CCCC2)CC1. The highest BCUT2D eigenvalue weighted by Crippen LogP contribution is 2.22. The molecule has 2 aliphatic rings. The Bertz CT molecular complexity index is 559. The summed E-state index contributed by atoms with van der Waals surface area (Å²) in [4.78, 5) is 28.5. The highest BCUT2D eigenvalue weighted by atomic mass is 19.1. The van der Waals surface area contributed by atoms with Crippen LogP contribution in [0.3, 0.4) is 0 Å². The molecule has 0 unspecified atom stereocenters. The van der Waals surface area contributed by atoms with Crippen molar-refractivity contribution >= 4 is 11.8 Å². The molecule has 0 N–H and O–H groups in total. The lowest BCUT2D eigenvalue weighted by atomic mass is 9.95. The first kappa shape index (κ1) is 16.0. The van der Waals surface area contributed by atoms with Crippen molar-refractivity contribution in [2.75, 3.05) is 26.2 Å². The fourth-order valence-corrected chi connectivity index (χ4v) is 3.46. The van der Waals surface area contributed by atoms with Crippen LogP contribution in [0, 0.1) is 11.7 Å². The van der Waals surface area contributed by atoms with E-state index in [9.17, 15) is 14.0 Å². The van der Waals surface area contributed by atoms with E-state index in [0.29, 0.717) is 19.5 Å². The number of piperidine rings is 1. The minimum Gasteiger partial charge on any atom is -0.342 e. The predicted molar refractivity (Wildman–Crippen MR) is 85.2 cm³/mol. The average Bonchev–Trinajstić information content (AvgIpc) is 3.11. The molecule has 2 aliphatic heterocycles. The van der Waals surface area contributed by atoms with E-state index in [4.69, 9.17) is 0 Å². The van der Waals surface area contributed by atoms with E-state index in [1.807, 2.05) is 9.80 Å². The second kappa shape index (κ2) is 7.11. The highest BCUT2D eigenvalue weighted by molar-refractivity contribution is 5.81.